The number of phenols is 1. The van der Waals surface area contributed by atoms with E-state index in [9.17, 15) is 23.2 Å². The van der Waals surface area contributed by atoms with Crippen molar-refractivity contribution >= 4 is 65.3 Å². The normalized spacial score (nSPS) is 15.6. The number of hydrogen-bond acceptors (Lipinski definition) is 9. The average Bonchev–Trinajstić information content (AvgIpc) is 2.84. The summed E-state index contributed by atoms with van der Waals surface area (Å²) in [6.07, 6.45) is 4.21. The third kappa shape index (κ3) is 2.88. The van der Waals surface area contributed by atoms with E-state index in [2.05, 4.69) is 5.04 Å². The Morgan fingerprint density at radius 2 is 1.33 bits per heavy atom. The van der Waals surface area contributed by atoms with Gasteiger partial charge in [0.15, 0.2) is 0 Å². The van der Waals surface area contributed by atoms with Crippen LogP contribution in [0.15, 0.2) is 34.1 Å². The molecule has 2 N–H and O–H groups in total. The fourth-order valence-electron chi connectivity index (χ4n) is 6.56. The van der Waals surface area contributed by atoms with Crippen LogP contribution in [-0.2, 0) is 45.2 Å². The van der Waals surface area contributed by atoms with Crippen LogP contribution in [-0.4, -0.2) is 23.3 Å². The van der Waals surface area contributed by atoms with Gasteiger partial charge in [0.2, 0.25) is 0 Å². The van der Waals surface area contributed by atoms with Crippen LogP contribution < -0.4 is 5.11 Å². The van der Waals surface area contributed by atoms with Gasteiger partial charge in [0.1, 0.15) is 15.9 Å². The topological polar surface area (TPSA) is 139 Å². The highest BCUT2D eigenvalue weighted by Crippen LogP contribution is 2.54. The van der Waals surface area contributed by atoms with Crippen molar-refractivity contribution in [2.45, 2.75) is 48.3 Å². The van der Waals surface area contributed by atoms with Crippen molar-refractivity contribution in [2.24, 2.45) is 0 Å². The van der Waals surface area contributed by atoms with Gasteiger partial charge in [0.25, 0.3) is 0 Å². The number of rotatable bonds is 4. The van der Waals surface area contributed by atoms with Crippen molar-refractivity contribution in [2.75, 3.05) is 0 Å². The molecular weight excluding hydrogens is 504 g/mol. The molecule has 0 fully saturated rings. The zero-order chi connectivity index (χ0) is 24.9. The van der Waals surface area contributed by atoms with Gasteiger partial charge in [-0.05, 0) is 95.1 Å². The van der Waals surface area contributed by atoms with Crippen LogP contribution in [0.1, 0.15) is 35.1 Å². The summed E-state index contributed by atoms with van der Waals surface area (Å²) in [4.78, 5) is 0.0327. The van der Waals surface area contributed by atoms with Crippen LogP contribution in [0.2, 0.25) is 0 Å². The molecule has 5 aromatic rings. The molecule has 36 heavy (non-hydrogen) atoms. The van der Waals surface area contributed by atoms with E-state index >= 15 is 0 Å². The number of aromatic hydroxyl groups is 1. The molecular formula is C26H18O8S2-2. The third-order valence-electron chi connectivity index (χ3n) is 7.71. The zero-order valence-corrected chi connectivity index (χ0v) is 20.3. The lowest BCUT2D eigenvalue weighted by atomic mass is 9.79. The van der Waals surface area contributed by atoms with E-state index in [4.69, 9.17) is 9.59 Å². The van der Waals surface area contributed by atoms with E-state index in [1.54, 1.807) is 12.1 Å². The summed E-state index contributed by atoms with van der Waals surface area (Å²) in [6.45, 7) is 0. The molecule has 0 spiro atoms. The van der Waals surface area contributed by atoms with Crippen molar-refractivity contribution in [1.29, 1.82) is 0 Å². The van der Waals surface area contributed by atoms with Crippen molar-refractivity contribution in [3.8, 4) is 11.5 Å². The molecule has 0 unspecified atom stereocenters. The van der Waals surface area contributed by atoms with Gasteiger partial charge in [0.05, 0.1) is 16.9 Å². The van der Waals surface area contributed by atoms with E-state index in [-0.39, 0.29) is 22.3 Å². The molecule has 0 bridgehead atoms. The summed E-state index contributed by atoms with van der Waals surface area (Å²) in [5.74, 6) is -0.425. The Bertz CT molecular complexity index is 1870. The van der Waals surface area contributed by atoms with Crippen molar-refractivity contribution in [3.63, 3.8) is 0 Å². The molecule has 0 aromatic heterocycles. The first-order valence-corrected chi connectivity index (χ1v) is 13.7. The number of phenolic OH excluding ortho intramolecular Hbond substituents is 1. The maximum absolute atomic E-state index is 13.7. The van der Waals surface area contributed by atoms with Gasteiger partial charge in [-0.3, -0.25) is 0 Å². The molecule has 5 aromatic carbocycles. The lowest BCUT2D eigenvalue weighted by Gasteiger charge is -2.30. The maximum Gasteiger partial charge on any atom is 0.125 e. The van der Waals surface area contributed by atoms with Crippen LogP contribution >= 0.6 is 12.0 Å². The monoisotopic (exact) mass is 522 g/mol. The second kappa shape index (κ2) is 7.58. The number of benzene rings is 5. The fourth-order valence-corrected chi connectivity index (χ4v) is 7.88. The van der Waals surface area contributed by atoms with Crippen molar-refractivity contribution < 1.29 is 37.8 Å². The van der Waals surface area contributed by atoms with Gasteiger partial charge in [-0.15, -0.1) is 4.33 Å². The Kier molecular flexibility index (Phi) is 4.70. The van der Waals surface area contributed by atoms with Crippen LogP contribution in [0.3, 0.4) is 0 Å². The Balaban J connectivity index is 1.89. The first-order chi connectivity index (χ1) is 17.3. The highest BCUT2D eigenvalue weighted by atomic mass is 32.2. The standard InChI is InChI=1S/C26H20O8S2/c27-15-7-11-3-1-4-12-8-16(28)22-24-18(36(30,31)32)10-14-6-2-5-13-9-17(35-34-33-29)23(26(24)20(13)14)21(15)25(22)19(11)12/h7-10,27-29H,1-6H2,(H,30,31,32)/p-2. The van der Waals surface area contributed by atoms with Gasteiger partial charge in [-0.25, -0.2) is 13.7 Å². The molecule has 184 valence electrons. The maximum atomic E-state index is 13.7. The van der Waals surface area contributed by atoms with Crippen molar-refractivity contribution in [1.82, 2.24) is 0 Å². The summed E-state index contributed by atoms with van der Waals surface area (Å²) in [6, 6.07) is 6.54. The smallest absolute Gasteiger partial charge is 0.125 e. The van der Waals surface area contributed by atoms with Crippen LogP contribution in [0, 0.1) is 0 Å². The summed E-state index contributed by atoms with van der Waals surface area (Å²) in [5, 5.41) is 41.3. The fraction of sp³-hybridized carbons (Fsp3) is 0.231. The lowest BCUT2D eigenvalue weighted by molar-refractivity contribution is -0.432. The molecule has 2 aliphatic rings. The zero-order valence-electron chi connectivity index (χ0n) is 18.7. The highest BCUT2D eigenvalue weighted by Gasteiger charge is 2.29. The van der Waals surface area contributed by atoms with Gasteiger partial charge < -0.3 is 14.8 Å². The summed E-state index contributed by atoms with van der Waals surface area (Å²) >= 11 is 0.713. The van der Waals surface area contributed by atoms with E-state index < -0.39 is 15.0 Å². The van der Waals surface area contributed by atoms with Crippen LogP contribution in [0.25, 0.3) is 43.1 Å². The van der Waals surface area contributed by atoms with Gasteiger partial charge in [-0.2, -0.15) is 0 Å². The highest BCUT2D eigenvalue weighted by molar-refractivity contribution is 7.94. The lowest BCUT2D eigenvalue weighted by Crippen LogP contribution is -2.10. The molecule has 0 saturated heterocycles. The summed E-state index contributed by atoms with van der Waals surface area (Å²) in [5.41, 5.74) is 3.32. The van der Waals surface area contributed by atoms with Crippen LogP contribution in [0.5, 0.6) is 11.5 Å². The van der Waals surface area contributed by atoms with Crippen molar-refractivity contribution in [3.05, 3.63) is 46.5 Å². The van der Waals surface area contributed by atoms with Gasteiger partial charge >= 0.3 is 0 Å². The minimum Gasteiger partial charge on any atom is -0.872 e. The Morgan fingerprint density at radius 1 is 0.750 bits per heavy atom. The molecule has 7 rings (SSSR count). The van der Waals surface area contributed by atoms with Gasteiger partial charge in [-0.1, -0.05) is 16.9 Å². The van der Waals surface area contributed by atoms with Gasteiger partial charge in [0, 0.05) is 31.8 Å². The summed E-state index contributed by atoms with van der Waals surface area (Å²) in [7, 11) is -4.96. The average molecular weight is 523 g/mol. The predicted molar refractivity (Wildman–Crippen MR) is 131 cm³/mol. The molecule has 0 radical (unpaired) electrons. The number of aryl methyl sites for hydroxylation is 4. The quantitative estimate of drug-likeness (QED) is 0.0848. The number of fused-ring (bicyclic) bond motifs is 2. The first kappa shape index (κ1) is 22.3. The molecule has 0 heterocycles. The molecule has 2 aliphatic carbocycles. The second-order valence-corrected chi connectivity index (χ2v) is 11.6. The third-order valence-corrected chi connectivity index (χ3v) is 9.21. The molecule has 0 amide bonds. The molecule has 0 aliphatic heterocycles. The van der Waals surface area contributed by atoms with E-state index in [0.717, 1.165) is 40.3 Å². The Labute approximate surface area is 209 Å². The molecule has 10 heteroatoms. The molecule has 0 atom stereocenters. The van der Waals surface area contributed by atoms with E-state index in [1.807, 2.05) is 6.07 Å². The Morgan fingerprint density at radius 3 is 1.97 bits per heavy atom. The Hall–Kier alpha value is -2.86. The SMILES string of the molecule is O=S(=O)([O-])c1cc2c3c(cc(SOOO)c4c5c(O)cc6c7c(cc([O-])c(c1c34)c75)CCC6)CCC2. The van der Waals surface area contributed by atoms with Crippen LogP contribution in [0.4, 0.5) is 0 Å². The molecule has 0 saturated carbocycles. The predicted octanol–water partition coefficient (Wildman–Crippen LogP) is 4.83. The van der Waals surface area contributed by atoms with E-state index in [0.29, 0.717) is 69.7 Å². The summed E-state index contributed by atoms with van der Waals surface area (Å²) < 4.78 is 42.7. The largest absolute Gasteiger partial charge is 0.872 e. The minimum atomic E-state index is -4.96. The van der Waals surface area contributed by atoms with E-state index in [1.165, 1.54) is 6.07 Å². The second-order valence-electron chi connectivity index (χ2n) is 9.54. The molecule has 8 nitrogen and oxygen atoms in total. The first-order valence-electron chi connectivity index (χ1n) is 11.6. The minimum absolute atomic E-state index is 0.0438. The number of hydrogen-bond donors (Lipinski definition) is 2.